The molecule has 0 atom stereocenters. The van der Waals surface area contributed by atoms with Gasteiger partial charge in [0.25, 0.3) is 0 Å². The second-order valence-corrected chi connectivity index (χ2v) is 4.84. The minimum atomic E-state index is -0.0962. The maximum Gasteiger partial charge on any atom is 0.207 e. The van der Waals surface area contributed by atoms with Crippen LogP contribution in [0.25, 0.3) is 10.9 Å². The van der Waals surface area contributed by atoms with E-state index in [1.54, 1.807) is 0 Å². The summed E-state index contributed by atoms with van der Waals surface area (Å²) < 4.78 is 5.97. The Morgan fingerprint density at radius 2 is 2.17 bits per heavy atom. The van der Waals surface area contributed by atoms with E-state index in [1.165, 1.54) is 0 Å². The molecule has 0 unspecified atom stereocenters. The van der Waals surface area contributed by atoms with Crippen molar-refractivity contribution in [3.05, 3.63) is 40.5 Å². The van der Waals surface area contributed by atoms with Crippen LogP contribution in [-0.4, -0.2) is 24.0 Å². The minimum Gasteiger partial charge on any atom is -0.373 e. The maximum absolute atomic E-state index is 12.0. The number of carbonyl (C=O) groups excluding carboxylic acids is 1. The Balaban J connectivity index is 2.27. The van der Waals surface area contributed by atoms with Gasteiger partial charge in [-0.25, -0.2) is 4.98 Å². The summed E-state index contributed by atoms with van der Waals surface area (Å²) in [6.45, 7) is 2.68. The number of hydrogen-bond donors (Lipinski definition) is 0. The van der Waals surface area contributed by atoms with Crippen LogP contribution >= 0.6 is 15.9 Å². The summed E-state index contributed by atoms with van der Waals surface area (Å²) in [7, 11) is 0. The third-order valence-electron chi connectivity index (χ3n) is 2.52. The molecule has 0 amide bonds. The molecule has 0 fully saturated rings. The van der Waals surface area contributed by atoms with Crippen molar-refractivity contribution in [2.24, 2.45) is 0 Å². The monoisotopic (exact) mass is 307 g/mol. The van der Waals surface area contributed by atoms with Gasteiger partial charge in [0.1, 0.15) is 12.3 Å². The summed E-state index contributed by atoms with van der Waals surface area (Å²) in [6.07, 6.45) is 0.902. The van der Waals surface area contributed by atoms with Gasteiger partial charge in [-0.15, -0.1) is 0 Å². The average Bonchev–Trinajstić information content (AvgIpc) is 2.38. The highest BCUT2D eigenvalue weighted by atomic mass is 79.9. The lowest BCUT2D eigenvalue weighted by atomic mass is 10.2. The van der Waals surface area contributed by atoms with E-state index in [2.05, 4.69) is 20.9 Å². The van der Waals surface area contributed by atoms with Gasteiger partial charge in [-0.1, -0.05) is 25.1 Å². The minimum absolute atomic E-state index is 0.0811. The number of Topliss-reactive ketones (excluding diaryl/α,β-unsaturated/α-hetero) is 1. The number of fused-ring (bicyclic) bond motifs is 1. The molecule has 94 valence electrons. The molecular weight excluding hydrogens is 294 g/mol. The first kappa shape index (κ1) is 13.2. The number of nitrogens with zero attached hydrogens (tertiary/aromatic N) is 1. The predicted molar refractivity (Wildman–Crippen MR) is 74.9 cm³/mol. The lowest BCUT2D eigenvalue weighted by Crippen LogP contribution is -2.12. The summed E-state index contributed by atoms with van der Waals surface area (Å²) in [5.74, 6) is -0.0962. The molecule has 0 bridgehead atoms. The van der Waals surface area contributed by atoms with E-state index >= 15 is 0 Å². The van der Waals surface area contributed by atoms with Gasteiger partial charge in [0.15, 0.2) is 0 Å². The number of hydrogen-bond acceptors (Lipinski definition) is 3. The van der Waals surface area contributed by atoms with Crippen LogP contribution in [0.3, 0.4) is 0 Å². The molecule has 1 aromatic heterocycles. The van der Waals surface area contributed by atoms with Gasteiger partial charge < -0.3 is 4.74 Å². The number of ketones is 1. The van der Waals surface area contributed by atoms with Crippen LogP contribution in [0, 0.1) is 0 Å². The van der Waals surface area contributed by atoms with E-state index in [-0.39, 0.29) is 12.4 Å². The van der Waals surface area contributed by atoms with Crippen LogP contribution in [0.2, 0.25) is 0 Å². The van der Waals surface area contributed by atoms with Gasteiger partial charge in [-0.3, -0.25) is 4.79 Å². The first-order chi connectivity index (χ1) is 8.72. The lowest BCUT2D eigenvalue weighted by Gasteiger charge is -2.06. The summed E-state index contributed by atoms with van der Waals surface area (Å²) in [4.78, 5) is 16.3. The summed E-state index contributed by atoms with van der Waals surface area (Å²) in [5.41, 5.74) is 1.25. The number of rotatable bonds is 5. The molecule has 2 rings (SSSR count). The zero-order valence-corrected chi connectivity index (χ0v) is 11.7. The molecule has 4 heteroatoms. The molecule has 0 radical (unpaired) electrons. The first-order valence-corrected chi connectivity index (χ1v) is 6.68. The summed E-state index contributed by atoms with van der Waals surface area (Å²) >= 11 is 3.39. The van der Waals surface area contributed by atoms with Crippen LogP contribution in [0.4, 0.5) is 0 Å². The van der Waals surface area contributed by atoms with Crippen LogP contribution in [0.1, 0.15) is 23.8 Å². The summed E-state index contributed by atoms with van der Waals surface area (Å²) in [5, 5.41) is 1.01. The van der Waals surface area contributed by atoms with Crippen LogP contribution < -0.4 is 0 Å². The number of ether oxygens (including phenoxy) is 1. The van der Waals surface area contributed by atoms with Crippen molar-refractivity contribution in [1.29, 1.82) is 0 Å². The predicted octanol–water partition coefficient (Wildman–Crippen LogP) is 3.61. The molecule has 3 nitrogen and oxygen atoms in total. The van der Waals surface area contributed by atoms with Gasteiger partial charge in [-0.05, 0) is 34.5 Å². The smallest absolute Gasteiger partial charge is 0.207 e. The van der Waals surface area contributed by atoms with Crippen LogP contribution in [-0.2, 0) is 4.74 Å². The molecular formula is C14H14BrNO2. The molecule has 18 heavy (non-hydrogen) atoms. The first-order valence-electron chi connectivity index (χ1n) is 5.88. The fourth-order valence-corrected chi connectivity index (χ4v) is 2.22. The molecule has 0 saturated carbocycles. The number of benzene rings is 1. The third kappa shape index (κ3) is 2.94. The van der Waals surface area contributed by atoms with Crippen molar-refractivity contribution in [1.82, 2.24) is 4.98 Å². The molecule has 0 N–H and O–H groups in total. The fourth-order valence-electron chi connectivity index (χ4n) is 1.66. The highest BCUT2D eigenvalue weighted by Gasteiger charge is 2.13. The van der Waals surface area contributed by atoms with Gasteiger partial charge in [0.05, 0.1) is 5.52 Å². The summed E-state index contributed by atoms with van der Waals surface area (Å²) in [6, 6.07) is 9.63. The molecule has 0 aliphatic rings. The molecule has 1 heterocycles. The number of para-hydroxylation sites is 1. The molecule has 2 aromatic rings. The number of aromatic nitrogens is 1. The van der Waals surface area contributed by atoms with Crippen molar-refractivity contribution in [2.75, 3.05) is 13.2 Å². The van der Waals surface area contributed by atoms with Gasteiger partial charge in [-0.2, -0.15) is 0 Å². The van der Waals surface area contributed by atoms with E-state index in [4.69, 9.17) is 4.74 Å². The number of pyridine rings is 1. The van der Waals surface area contributed by atoms with Crippen molar-refractivity contribution in [3.63, 3.8) is 0 Å². The molecule has 0 saturated heterocycles. The molecule has 1 aromatic carbocycles. The third-order valence-corrected chi connectivity index (χ3v) is 3.13. The lowest BCUT2D eigenvalue weighted by molar-refractivity contribution is 0.0756. The fraction of sp³-hybridized carbons (Fsp3) is 0.286. The second kappa shape index (κ2) is 6.07. The Morgan fingerprint density at radius 1 is 1.39 bits per heavy atom. The van der Waals surface area contributed by atoms with Crippen molar-refractivity contribution >= 4 is 32.6 Å². The Labute approximate surface area is 114 Å². The van der Waals surface area contributed by atoms with Gasteiger partial charge >= 0.3 is 0 Å². The SMILES string of the molecule is CCCOCC(=O)c1nc2ccccc2cc1Br. The zero-order chi connectivity index (χ0) is 13.0. The quantitative estimate of drug-likeness (QED) is 0.626. The van der Waals surface area contributed by atoms with E-state index in [9.17, 15) is 4.79 Å². The topological polar surface area (TPSA) is 39.2 Å². The largest absolute Gasteiger partial charge is 0.373 e. The zero-order valence-electron chi connectivity index (χ0n) is 10.1. The van der Waals surface area contributed by atoms with Gasteiger partial charge in [0.2, 0.25) is 5.78 Å². The maximum atomic E-state index is 12.0. The Hall–Kier alpha value is -1.26. The highest BCUT2D eigenvalue weighted by molar-refractivity contribution is 9.10. The van der Waals surface area contributed by atoms with E-state index in [0.29, 0.717) is 16.8 Å². The van der Waals surface area contributed by atoms with Crippen LogP contribution in [0.5, 0.6) is 0 Å². The molecule has 0 aliphatic carbocycles. The molecule has 0 aliphatic heterocycles. The van der Waals surface area contributed by atoms with E-state index in [1.807, 2.05) is 37.3 Å². The average molecular weight is 308 g/mol. The Bertz CT molecular complexity index is 569. The molecule has 0 spiro atoms. The van der Waals surface area contributed by atoms with E-state index in [0.717, 1.165) is 17.3 Å². The number of carbonyl (C=O) groups is 1. The highest BCUT2D eigenvalue weighted by Crippen LogP contribution is 2.21. The number of halogens is 1. The second-order valence-electron chi connectivity index (χ2n) is 3.99. The van der Waals surface area contributed by atoms with E-state index < -0.39 is 0 Å². The van der Waals surface area contributed by atoms with Crippen molar-refractivity contribution < 1.29 is 9.53 Å². The van der Waals surface area contributed by atoms with Crippen molar-refractivity contribution in [2.45, 2.75) is 13.3 Å². The van der Waals surface area contributed by atoms with Crippen LogP contribution in [0.15, 0.2) is 34.8 Å². The van der Waals surface area contributed by atoms with Gasteiger partial charge in [0, 0.05) is 16.5 Å². The Kier molecular flexibility index (Phi) is 4.44. The normalized spacial score (nSPS) is 10.8. The van der Waals surface area contributed by atoms with Crippen molar-refractivity contribution in [3.8, 4) is 0 Å². The Morgan fingerprint density at radius 3 is 2.94 bits per heavy atom. The standard InChI is InChI=1S/C14H14BrNO2/c1-2-7-18-9-13(17)14-11(15)8-10-5-3-4-6-12(10)16-14/h3-6,8H,2,7,9H2,1H3.